The molecule has 3 unspecified atom stereocenters. The zero-order chi connectivity index (χ0) is 31.1. The number of hydrogen-bond acceptors (Lipinski definition) is 7. The van der Waals surface area contributed by atoms with E-state index in [1.165, 1.54) is 38.3 Å². The Morgan fingerprint density at radius 3 is 2.57 bits per heavy atom. The number of carbonyl (C=O) groups excluding carboxylic acids is 4. The molecule has 0 radical (unpaired) electrons. The SMILES string of the molecule is CC1=C2C(=O)c3c(O)c(CNC(=O)c4cccnc4)cc(CCC4CCCCC4)c3CC2CC2CC(=O)C(C(N)=O)=C(O)C12. The van der Waals surface area contributed by atoms with Crippen LogP contribution in [-0.4, -0.2) is 38.6 Å². The molecule has 0 saturated heterocycles. The van der Waals surface area contributed by atoms with Gasteiger partial charge >= 0.3 is 0 Å². The molecular weight excluding hydrogens is 558 g/mol. The standard InChI is InChI=1S/C35H39N3O6/c1-18-27-22(13-23-15-26(39)30(34(36)43)33(42)28(18)23)14-25-20(10-9-19-6-3-2-4-7-19)12-24(31(40)29(25)32(27)41)17-38-35(44)21-8-5-11-37-16-21/h5,8,11-12,16,19,22-23,28,40,42H,2-4,6-7,9-10,13-15,17H2,1H3,(H2,36,43)(H,38,44). The van der Waals surface area contributed by atoms with Gasteiger partial charge < -0.3 is 21.3 Å². The maximum atomic E-state index is 14.3. The number of rotatable bonds is 7. The molecule has 1 heterocycles. The van der Waals surface area contributed by atoms with Gasteiger partial charge in [-0.3, -0.25) is 24.2 Å². The number of amides is 2. The van der Waals surface area contributed by atoms with Gasteiger partial charge in [-0.05, 0) is 73.6 Å². The highest BCUT2D eigenvalue weighted by Crippen LogP contribution is 2.51. The van der Waals surface area contributed by atoms with Gasteiger partial charge in [0.1, 0.15) is 17.1 Å². The van der Waals surface area contributed by atoms with Crippen LogP contribution in [-0.2, 0) is 29.0 Å². The molecule has 1 aromatic heterocycles. The van der Waals surface area contributed by atoms with Gasteiger partial charge in [-0.1, -0.05) is 43.7 Å². The summed E-state index contributed by atoms with van der Waals surface area (Å²) in [6, 6.07) is 5.28. The summed E-state index contributed by atoms with van der Waals surface area (Å²) in [7, 11) is 0. The van der Waals surface area contributed by atoms with E-state index >= 15 is 0 Å². The predicted molar refractivity (Wildman–Crippen MR) is 163 cm³/mol. The maximum absolute atomic E-state index is 14.3. The fourth-order valence-corrected chi connectivity index (χ4v) is 8.20. The van der Waals surface area contributed by atoms with Gasteiger partial charge in [0.05, 0.1) is 11.1 Å². The molecule has 4 aliphatic carbocycles. The number of carbonyl (C=O) groups is 4. The molecular formula is C35H39N3O6. The number of nitrogens with one attached hydrogen (secondary N) is 1. The summed E-state index contributed by atoms with van der Waals surface area (Å²) in [5.74, 6) is -3.00. The van der Waals surface area contributed by atoms with Crippen LogP contribution in [0, 0.1) is 23.7 Å². The zero-order valence-corrected chi connectivity index (χ0v) is 25.0. The molecule has 1 saturated carbocycles. The Bertz CT molecular complexity index is 1600. The van der Waals surface area contributed by atoms with Crippen LogP contribution in [0.4, 0.5) is 0 Å². The number of nitrogens with two attached hydrogens (primary N) is 1. The predicted octanol–water partition coefficient (Wildman–Crippen LogP) is 4.81. The Labute approximate surface area is 256 Å². The normalized spacial score (nSPS) is 23.6. The highest BCUT2D eigenvalue weighted by Gasteiger charge is 2.48. The van der Waals surface area contributed by atoms with Crippen molar-refractivity contribution in [1.82, 2.24) is 10.3 Å². The van der Waals surface area contributed by atoms with Crippen LogP contribution >= 0.6 is 0 Å². The molecule has 44 heavy (non-hydrogen) atoms. The molecule has 2 amide bonds. The lowest BCUT2D eigenvalue weighted by atomic mass is 9.60. The van der Waals surface area contributed by atoms with Crippen molar-refractivity contribution in [2.24, 2.45) is 29.4 Å². The molecule has 5 N–H and O–H groups in total. The summed E-state index contributed by atoms with van der Waals surface area (Å²) >= 11 is 0. The number of phenols is 1. The fourth-order valence-electron chi connectivity index (χ4n) is 8.20. The van der Waals surface area contributed by atoms with E-state index in [1.54, 1.807) is 25.3 Å². The van der Waals surface area contributed by atoms with Crippen LogP contribution in [0.5, 0.6) is 5.75 Å². The number of aromatic hydroxyl groups is 1. The maximum Gasteiger partial charge on any atom is 0.255 e. The molecule has 6 rings (SSSR count). The van der Waals surface area contributed by atoms with E-state index < -0.39 is 17.6 Å². The third kappa shape index (κ3) is 5.33. The molecule has 9 nitrogen and oxygen atoms in total. The smallest absolute Gasteiger partial charge is 0.255 e. The fraction of sp³-hybridized carbons (Fsp3) is 0.457. The van der Waals surface area contributed by atoms with Crippen LogP contribution in [0.25, 0.3) is 0 Å². The van der Waals surface area contributed by atoms with Crippen molar-refractivity contribution in [3.05, 3.63) is 80.9 Å². The molecule has 3 atom stereocenters. The van der Waals surface area contributed by atoms with E-state index in [-0.39, 0.29) is 59.1 Å². The van der Waals surface area contributed by atoms with Crippen LogP contribution in [0.1, 0.15) is 95.7 Å². The molecule has 0 bridgehead atoms. The van der Waals surface area contributed by atoms with E-state index in [4.69, 9.17) is 5.73 Å². The van der Waals surface area contributed by atoms with Crippen molar-refractivity contribution in [2.75, 3.05) is 0 Å². The van der Waals surface area contributed by atoms with Crippen molar-refractivity contribution in [1.29, 1.82) is 0 Å². The number of aliphatic hydroxyl groups is 1. The zero-order valence-electron chi connectivity index (χ0n) is 25.0. The monoisotopic (exact) mass is 597 g/mol. The first-order valence-electron chi connectivity index (χ1n) is 15.7. The largest absolute Gasteiger partial charge is 0.511 e. The quantitative estimate of drug-likeness (QED) is 0.333. The van der Waals surface area contributed by atoms with Gasteiger partial charge in [-0.15, -0.1) is 0 Å². The van der Waals surface area contributed by atoms with Crippen LogP contribution in [0.15, 0.2) is 53.1 Å². The summed E-state index contributed by atoms with van der Waals surface area (Å²) in [5, 5.41) is 25.4. The van der Waals surface area contributed by atoms with Gasteiger partial charge in [-0.25, -0.2) is 0 Å². The van der Waals surface area contributed by atoms with Crippen LogP contribution in [0.3, 0.4) is 0 Å². The van der Waals surface area contributed by atoms with Gasteiger partial charge in [-0.2, -0.15) is 0 Å². The molecule has 1 aromatic carbocycles. The lowest BCUT2D eigenvalue weighted by molar-refractivity contribution is -0.123. The van der Waals surface area contributed by atoms with Crippen molar-refractivity contribution in [2.45, 2.75) is 77.7 Å². The Kier molecular flexibility index (Phi) is 8.14. The van der Waals surface area contributed by atoms with Gasteiger partial charge in [0.15, 0.2) is 11.6 Å². The van der Waals surface area contributed by atoms with Gasteiger partial charge in [0.2, 0.25) is 0 Å². The topological polar surface area (TPSA) is 160 Å². The summed E-state index contributed by atoms with van der Waals surface area (Å²) in [6.07, 6.45) is 12.1. The van der Waals surface area contributed by atoms with E-state index in [0.29, 0.717) is 41.0 Å². The second-order valence-corrected chi connectivity index (χ2v) is 12.9. The first-order chi connectivity index (χ1) is 21.2. The minimum atomic E-state index is -0.968. The lowest BCUT2D eigenvalue weighted by Crippen LogP contribution is -2.41. The molecule has 1 fully saturated rings. The third-order valence-electron chi connectivity index (χ3n) is 10.3. The summed E-state index contributed by atoms with van der Waals surface area (Å²) in [5.41, 5.74) is 9.16. The van der Waals surface area contributed by atoms with Gasteiger partial charge in [0.25, 0.3) is 11.8 Å². The van der Waals surface area contributed by atoms with Gasteiger partial charge in [0, 0.05) is 42.4 Å². The number of fused-ring (bicyclic) bond motifs is 3. The second kappa shape index (κ2) is 12.0. The van der Waals surface area contributed by atoms with Crippen molar-refractivity contribution in [3.8, 4) is 5.75 Å². The number of phenolic OH excluding ortho intramolecular Hbond substituents is 1. The number of pyridine rings is 1. The molecule has 4 aliphatic rings. The Hall–Kier alpha value is -4.27. The molecule has 0 aliphatic heterocycles. The third-order valence-corrected chi connectivity index (χ3v) is 10.3. The number of aryl methyl sites for hydroxylation is 1. The Morgan fingerprint density at radius 1 is 1.09 bits per heavy atom. The number of primary amides is 1. The van der Waals surface area contributed by atoms with Crippen molar-refractivity contribution >= 4 is 23.4 Å². The number of aromatic nitrogens is 1. The van der Waals surface area contributed by atoms with Crippen LogP contribution < -0.4 is 11.1 Å². The molecule has 0 spiro atoms. The van der Waals surface area contributed by atoms with Crippen molar-refractivity contribution < 1.29 is 29.4 Å². The number of ketones is 2. The highest BCUT2D eigenvalue weighted by atomic mass is 16.3. The van der Waals surface area contributed by atoms with Crippen molar-refractivity contribution in [3.63, 3.8) is 0 Å². The number of hydrogen-bond donors (Lipinski definition) is 4. The van der Waals surface area contributed by atoms with Crippen LogP contribution in [0.2, 0.25) is 0 Å². The number of nitrogens with zero attached hydrogens (tertiary/aromatic N) is 1. The highest BCUT2D eigenvalue weighted by molar-refractivity contribution is 6.20. The van der Waals surface area contributed by atoms with E-state index in [0.717, 1.165) is 24.0 Å². The summed E-state index contributed by atoms with van der Waals surface area (Å²) in [6.45, 7) is 1.81. The minimum Gasteiger partial charge on any atom is -0.511 e. The summed E-state index contributed by atoms with van der Waals surface area (Å²) < 4.78 is 0. The van der Waals surface area contributed by atoms with E-state index in [1.807, 2.05) is 6.07 Å². The van der Waals surface area contributed by atoms with E-state index in [2.05, 4.69) is 10.3 Å². The Morgan fingerprint density at radius 2 is 1.86 bits per heavy atom. The minimum absolute atomic E-state index is 0.0380. The second-order valence-electron chi connectivity index (χ2n) is 12.9. The lowest BCUT2D eigenvalue weighted by Gasteiger charge is -2.43. The number of allylic oxidation sites excluding steroid dienone is 2. The number of Topliss-reactive ketones (excluding diaryl/α,β-unsaturated/α-hetero) is 2. The average molecular weight is 598 g/mol. The molecule has 2 aromatic rings. The number of aliphatic hydroxyl groups excluding tert-OH is 1. The average Bonchev–Trinajstić information content (AvgIpc) is 3.00. The summed E-state index contributed by atoms with van der Waals surface area (Å²) in [4.78, 5) is 55.9. The number of benzene rings is 1. The first-order valence-corrected chi connectivity index (χ1v) is 15.7. The molecule has 9 heteroatoms. The molecule has 230 valence electrons. The first kappa shape index (κ1) is 29.8. The Balaban J connectivity index is 1.39. The van der Waals surface area contributed by atoms with E-state index in [9.17, 15) is 29.4 Å².